The number of hydrogen-bond acceptors (Lipinski definition) is 3. The van der Waals surface area contributed by atoms with Crippen molar-refractivity contribution in [3.05, 3.63) is 41.8 Å². The van der Waals surface area contributed by atoms with E-state index in [1.165, 1.54) is 24.3 Å². The van der Waals surface area contributed by atoms with Crippen molar-refractivity contribution in [3.63, 3.8) is 0 Å². The quantitative estimate of drug-likeness (QED) is 0.862. The largest absolute Gasteiger partial charge is 0.481 e. The molecular weight excluding hydrogens is 293 g/mol. The molecule has 0 fully saturated rings. The summed E-state index contributed by atoms with van der Waals surface area (Å²) in [5, 5.41) is 12.4. The normalized spacial score (nSPS) is 11.0. The van der Waals surface area contributed by atoms with E-state index in [-0.39, 0.29) is 16.5 Å². The number of carboxylic acids is 1. The summed E-state index contributed by atoms with van der Waals surface area (Å²) in [6.07, 6.45) is -2.81. The van der Waals surface area contributed by atoms with E-state index < -0.39 is 23.9 Å². The van der Waals surface area contributed by atoms with Crippen LogP contribution in [0.1, 0.15) is 12.1 Å². The first-order valence-corrected chi connectivity index (χ1v) is 6.45. The number of carbonyl (C=O) groups is 1. The summed E-state index contributed by atoms with van der Waals surface area (Å²) in [5.74, 6) is -2.06. The molecule has 1 aromatic heterocycles. The summed E-state index contributed by atoms with van der Waals surface area (Å²) in [7, 11) is 0. The van der Waals surface area contributed by atoms with E-state index >= 15 is 0 Å². The van der Waals surface area contributed by atoms with Crippen molar-refractivity contribution in [2.45, 2.75) is 11.5 Å². The highest BCUT2D eigenvalue weighted by Crippen LogP contribution is 2.28. The lowest BCUT2D eigenvalue weighted by Gasteiger charge is -2.06. The first-order valence-electron chi connectivity index (χ1n) is 5.46. The number of thioether (sulfide) groups is 1. The van der Waals surface area contributed by atoms with Crippen molar-refractivity contribution < 1.29 is 23.1 Å². The van der Waals surface area contributed by atoms with Gasteiger partial charge in [-0.3, -0.25) is 4.79 Å². The fourth-order valence-electron chi connectivity index (χ4n) is 1.52. The first kappa shape index (κ1) is 14.4. The lowest BCUT2D eigenvalue weighted by molar-refractivity contribution is -0.133. The second-order valence-electron chi connectivity index (χ2n) is 3.75. The molecule has 0 aliphatic rings. The molecule has 0 aliphatic carbocycles. The van der Waals surface area contributed by atoms with Crippen LogP contribution in [0.5, 0.6) is 0 Å². The number of nitrogens with zero attached hydrogens (tertiary/aromatic N) is 2. The molecule has 4 nitrogen and oxygen atoms in total. The van der Waals surface area contributed by atoms with Crippen molar-refractivity contribution in [2.75, 3.05) is 5.75 Å². The highest BCUT2D eigenvalue weighted by atomic mass is 32.2. The van der Waals surface area contributed by atoms with Gasteiger partial charge in [0.1, 0.15) is 22.2 Å². The van der Waals surface area contributed by atoms with Crippen LogP contribution < -0.4 is 0 Å². The van der Waals surface area contributed by atoms with Gasteiger partial charge in [0, 0.05) is 0 Å². The van der Waals surface area contributed by atoms with Crippen LogP contribution >= 0.6 is 11.8 Å². The summed E-state index contributed by atoms with van der Waals surface area (Å²) in [5.41, 5.74) is -0.534. The maximum Gasteiger partial charge on any atom is 0.313 e. The van der Waals surface area contributed by atoms with Crippen LogP contribution in [-0.2, 0) is 4.79 Å². The Bertz CT molecular complexity index is 631. The van der Waals surface area contributed by atoms with E-state index in [0.717, 1.165) is 22.5 Å². The van der Waals surface area contributed by atoms with E-state index in [2.05, 4.69) is 5.10 Å². The molecule has 2 rings (SSSR count). The molecule has 0 unspecified atom stereocenters. The molecule has 1 aromatic carbocycles. The minimum Gasteiger partial charge on any atom is -0.481 e. The van der Waals surface area contributed by atoms with Crippen molar-refractivity contribution in [1.29, 1.82) is 0 Å². The number of alkyl halides is 2. The number of carboxylic acid groups (broad SMARTS) is 1. The van der Waals surface area contributed by atoms with E-state index in [4.69, 9.17) is 5.11 Å². The topological polar surface area (TPSA) is 55.1 Å². The van der Waals surface area contributed by atoms with Crippen molar-refractivity contribution in [3.8, 4) is 5.69 Å². The minimum absolute atomic E-state index is 0.00714. The number of aromatic nitrogens is 2. The van der Waals surface area contributed by atoms with Crippen LogP contribution in [0.4, 0.5) is 13.2 Å². The Labute approximate surface area is 116 Å². The van der Waals surface area contributed by atoms with E-state index in [1.54, 1.807) is 0 Å². The molecule has 106 valence electrons. The standard InChI is InChI=1S/C12H9F3N2O2S/c13-7-3-1-2-4-9(7)17-10(20-6-11(18)19)5-8(16-17)12(14)15/h1-5,12H,6H2,(H,18,19). The van der Waals surface area contributed by atoms with Gasteiger partial charge in [0.25, 0.3) is 6.43 Å². The molecule has 0 amide bonds. The lowest BCUT2D eigenvalue weighted by atomic mass is 10.3. The first-order chi connectivity index (χ1) is 9.49. The van der Waals surface area contributed by atoms with Crippen molar-refractivity contribution >= 4 is 17.7 Å². The van der Waals surface area contributed by atoms with Crippen molar-refractivity contribution in [1.82, 2.24) is 9.78 Å². The van der Waals surface area contributed by atoms with Gasteiger partial charge in [0.2, 0.25) is 0 Å². The highest BCUT2D eigenvalue weighted by molar-refractivity contribution is 7.99. The fourth-order valence-corrected chi connectivity index (χ4v) is 2.26. The Morgan fingerprint density at radius 3 is 2.70 bits per heavy atom. The zero-order chi connectivity index (χ0) is 14.7. The van der Waals surface area contributed by atoms with Crippen LogP contribution in [0.25, 0.3) is 5.69 Å². The molecular formula is C12H9F3N2O2S. The average molecular weight is 302 g/mol. The van der Waals surface area contributed by atoms with Crippen LogP contribution in [0, 0.1) is 5.82 Å². The van der Waals surface area contributed by atoms with Gasteiger partial charge in [0.05, 0.1) is 5.75 Å². The molecule has 1 heterocycles. The minimum atomic E-state index is -2.81. The maximum absolute atomic E-state index is 13.7. The third-order valence-corrected chi connectivity index (χ3v) is 3.32. The molecule has 0 atom stereocenters. The van der Waals surface area contributed by atoms with Crippen LogP contribution in [-0.4, -0.2) is 26.6 Å². The van der Waals surface area contributed by atoms with Gasteiger partial charge < -0.3 is 5.11 Å². The van der Waals surface area contributed by atoms with E-state index in [0.29, 0.717) is 0 Å². The van der Waals surface area contributed by atoms with Crippen LogP contribution in [0.3, 0.4) is 0 Å². The predicted molar refractivity (Wildman–Crippen MR) is 66.8 cm³/mol. The zero-order valence-electron chi connectivity index (χ0n) is 9.96. The Hall–Kier alpha value is -1.96. The molecule has 0 spiro atoms. The summed E-state index contributed by atoms with van der Waals surface area (Å²) in [6, 6.07) is 6.60. The van der Waals surface area contributed by atoms with E-state index in [9.17, 15) is 18.0 Å². The monoisotopic (exact) mass is 302 g/mol. The summed E-state index contributed by atoms with van der Waals surface area (Å²) in [6.45, 7) is 0. The van der Waals surface area contributed by atoms with Crippen LogP contribution in [0.15, 0.2) is 35.4 Å². The molecule has 0 saturated heterocycles. The molecule has 0 bridgehead atoms. The number of para-hydroxylation sites is 1. The van der Waals surface area contributed by atoms with Gasteiger partial charge in [-0.1, -0.05) is 23.9 Å². The molecule has 8 heteroatoms. The summed E-state index contributed by atoms with van der Waals surface area (Å²) < 4.78 is 40.0. The Morgan fingerprint density at radius 2 is 2.10 bits per heavy atom. The van der Waals surface area contributed by atoms with E-state index in [1.807, 2.05) is 0 Å². The maximum atomic E-state index is 13.7. The molecule has 2 aromatic rings. The molecule has 20 heavy (non-hydrogen) atoms. The lowest BCUT2D eigenvalue weighted by Crippen LogP contribution is -2.04. The number of hydrogen-bond donors (Lipinski definition) is 1. The van der Waals surface area contributed by atoms with Gasteiger partial charge in [-0.15, -0.1) is 0 Å². The number of rotatable bonds is 5. The van der Waals surface area contributed by atoms with Gasteiger partial charge >= 0.3 is 5.97 Å². The molecule has 0 aliphatic heterocycles. The fraction of sp³-hybridized carbons (Fsp3) is 0.167. The number of benzene rings is 1. The van der Waals surface area contributed by atoms with Gasteiger partial charge in [0.15, 0.2) is 0 Å². The summed E-state index contributed by atoms with van der Waals surface area (Å²) >= 11 is 0.798. The smallest absolute Gasteiger partial charge is 0.313 e. The van der Waals surface area contributed by atoms with Crippen molar-refractivity contribution in [2.24, 2.45) is 0 Å². The molecule has 1 N–H and O–H groups in total. The average Bonchev–Trinajstić information content (AvgIpc) is 2.81. The summed E-state index contributed by atoms with van der Waals surface area (Å²) in [4.78, 5) is 10.6. The second-order valence-corrected chi connectivity index (χ2v) is 4.75. The second kappa shape index (κ2) is 6.00. The highest BCUT2D eigenvalue weighted by Gasteiger charge is 2.19. The third-order valence-electron chi connectivity index (χ3n) is 2.34. The van der Waals surface area contributed by atoms with Gasteiger partial charge in [-0.25, -0.2) is 17.9 Å². The molecule has 0 radical (unpaired) electrons. The van der Waals surface area contributed by atoms with Gasteiger partial charge in [-0.05, 0) is 18.2 Å². The SMILES string of the molecule is O=C(O)CSc1cc(C(F)F)nn1-c1ccccc1F. The van der Waals surface area contributed by atoms with Crippen LogP contribution in [0.2, 0.25) is 0 Å². The Kier molecular flexibility index (Phi) is 4.33. The molecule has 0 saturated carbocycles. The zero-order valence-corrected chi connectivity index (χ0v) is 10.8. The number of aliphatic carboxylic acids is 1. The third kappa shape index (κ3) is 3.13. The van der Waals surface area contributed by atoms with Gasteiger partial charge in [-0.2, -0.15) is 5.10 Å². The predicted octanol–water partition coefficient (Wildman–Crippen LogP) is 3.13. The Morgan fingerprint density at radius 1 is 1.40 bits per heavy atom. The Balaban J connectivity index is 2.44. The number of halogens is 3.